The summed E-state index contributed by atoms with van der Waals surface area (Å²) in [4.78, 5) is 13.3. The quantitative estimate of drug-likeness (QED) is 0.362. The van der Waals surface area contributed by atoms with Gasteiger partial charge in [-0.15, -0.1) is 0 Å². The number of amidine groups is 1. The summed E-state index contributed by atoms with van der Waals surface area (Å²) < 4.78 is 0. The van der Waals surface area contributed by atoms with Gasteiger partial charge in [0.15, 0.2) is 0 Å². The fraction of sp³-hybridized carbons (Fsp3) is 0.133. The molecule has 5 nitrogen and oxygen atoms in total. The Morgan fingerprint density at radius 3 is 2.35 bits per heavy atom. The van der Waals surface area contributed by atoms with Crippen LogP contribution in [0.4, 0.5) is 5.69 Å². The molecule has 0 aliphatic carbocycles. The first kappa shape index (κ1) is 13.7. The topological polar surface area (TPSA) is 83.1 Å². The van der Waals surface area contributed by atoms with Crippen LogP contribution in [0.25, 0.3) is 0 Å². The third kappa shape index (κ3) is 3.65. The molecule has 20 heavy (non-hydrogen) atoms. The molecule has 0 radical (unpaired) electrons. The summed E-state index contributed by atoms with van der Waals surface area (Å²) in [5, 5.41) is 10.6. The second-order valence-corrected chi connectivity index (χ2v) is 4.38. The fourth-order valence-electron chi connectivity index (χ4n) is 1.85. The first-order chi connectivity index (χ1) is 9.66. The van der Waals surface area contributed by atoms with Crippen LogP contribution in [0.2, 0.25) is 0 Å². The van der Waals surface area contributed by atoms with Gasteiger partial charge in [-0.2, -0.15) is 0 Å². The third-order valence-corrected chi connectivity index (χ3v) is 2.96. The van der Waals surface area contributed by atoms with Gasteiger partial charge in [0.05, 0.1) is 17.0 Å². The van der Waals surface area contributed by atoms with Gasteiger partial charge >= 0.3 is 0 Å². The van der Waals surface area contributed by atoms with Crippen molar-refractivity contribution in [3.8, 4) is 0 Å². The number of hydrogen-bond donors (Lipinski definition) is 2. The van der Waals surface area contributed by atoms with E-state index in [-0.39, 0.29) is 5.69 Å². The first-order valence-corrected chi connectivity index (χ1v) is 6.32. The van der Waals surface area contributed by atoms with Crippen molar-refractivity contribution in [2.45, 2.75) is 6.42 Å². The Kier molecular flexibility index (Phi) is 4.44. The van der Waals surface area contributed by atoms with Crippen LogP contribution in [0.1, 0.15) is 11.1 Å². The Bertz CT molecular complexity index is 607. The minimum absolute atomic E-state index is 0.0610. The lowest BCUT2D eigenvalue weighted by atomic mass is 10.1. The summed E-state index contributed by atoms with van der Waals surface area (Å²) in [6.45, 7) is 0.715. The van der Waals surface area contributed by atoms with Crippen LogP contribution in [0.15, 0.2) is 54.6 Å². The van der Waals surface area contributed by atoms with E-state index in [0.29, 0.717) is 12.4 Å². The van der Waals surface area contributed by atoms with Crippen molar-refractivity contribution in [3.05, 3.63) is 75.8 Å². The van der Waals surface area contributed by atoms with Gasteiger partial charge in [0.1, 0.15) is 0 Å². The number of hydrogen-bond acceptors (Lipinski definition) is 2. The predicted molar refractivity (Wildman–Crippen MR) is 77.4 cm³/mol. The zero-order chi connectivity index (χ0) is 14.4. The van der Waals surface area contributed by atoms with E-state index in [9.17, 15) is 10.1 Å². The molecular formula is C15H16N3O2+. The minimum Gasteiger partial charge on any atom is -0.287 e. The van der Waals surface area contributed by atoms with Gasteiger partial charge in [-0.1, -0.05) is 30.3 Å². The Morgan fingerprint density at radius 2 is 1.75 bits per heavy atom. The lowest BCUT2D eigenvalue weighted by molar-refractivity contribution is -0.456. The van der Waals surface area contributed by atoms with Crippen LogP contribution in [-0.2, 0) is 6.42 Å². The normalized spacial score (nSPS) is 11.3. The van der Waals surface area contributed by atoms with Crippen molar-refractivity contribution in [3.63, 3.8) is 0 Å². The van der Waals surface area contributed by atoms with Crippen LogP contribution in [0, 0.1) is 10.1 Å². The zero-order valence-corrected chi connectivity index (χ0v) is 11.0. The summed E-state index contributed by atoms with van der Waals surface area (Å²) in [7, 11) is 0. The molecule has 0 heterocycles. The molecule has 0 saturated heterocycles. The van der Waals surface area contributed by atoms with E-state index < -0.39 is 4.92 Å². The number of non-ortho nitro benzene ring substituents is 1. The number of nitrogens with two attached hydrogens (primary N) is 1. The van der Waals surface area contributed by atoms with Crippen molar-refractivity contribution >= 4 is 11.5 Å². The molecule has 0 fully saturated rings. The molecule has 0 bridgehead atoms. The third-order valence-electron chi connectivity index (χ3n) is 2.96. The lowest BCUT2D eigenvalue weighted by Crippen LogP contribution is -2.76. The molecule has 0 aliphatic heterocycles. The summed E-state index contributed by atoms with van der Waals surface area (Å²) in [5.41, 5.74) is 7.97. The van der Waals surface area contributed by atoms with E-state index in [0.717, 1.165) is 12.0 Å². The molecule has 3 N–H and O–H groups in total. The largest absolute Gasteiger partial charge is 0.287 e. The molecule has 0 amide bonds. The van der Waals surface area contributed by atoms with Gasteiger partial charge in [-0.3, -0.25) is 20.8 Å². The number of nitrogen functional groups attached to an aromatic ring is 1. The van der Waals surface area contributed by atoms with Gasteiger partial charge in [0.2, 0.25) is 0 Å². The minimum atomic E-state index is -0.428. The van der Waals surface area contributed by atoms with E-state index >= 15 is 0 Å². The molecular weight excluding hydrogens is 254 g/mol. The summed E-state index contributed by atoms with van der Waals surface area (Å²) >= 11 is 0. The maximum absolute atomic E-state index is 10.6. The van der Waals surface area contributed by atoms with Crippen molar-refractivity contribution < 1.29 is 9.92 Å². The highest BCUT2D eigenvalue weighted by Crippen LogP contribution is 2.10. The van der Waals surface area contributed by atoms with Crippen LogP contribution >= 0.6 is 0 Å². The number of rotatable bonds is 5. The van der Waals surface area contributed by atoms with Gasteiger partial charge in [0.25, 0.3) is 11.5 Å². The van der Waals surface area contributed by atoms with E-state index in [1.54, 1.807) is 12.1 Å². The number of nitro benzene ring substituents is 1. The lowest BCUT2D eigenvalue weighted by Gasteiger charge is -1.98. The highest BCUT2D eigenvalue weighted by molar-refractivity contribution is 5.93. The highest BCUT2D eigenvalue weighted by Gasteiger charge is 2.08. The number of nitrogens with zero attached hydrogens (tertiary/aromatic N) is 1. The molecule has 5 heteroatoms. The molecule has 2 aromatic carbocycles. The maximum Gasteiger partial charge on any atom is 0.272 e. The van der Waals surface area contributed by atoms with E-state index in [2.05, 4.69) is 17.1 Å². The smallest absolute Gasteiger partial charge is 0.272 e. The Hall–Kier alpha value is -2.69. The SMILES string of the molecule is NC(=[NH+]CCc1ccccc1)c1ccc([N+](=O)[O-])cc1. The van der Waals surface area contributed by atoms with E-state index in [1.165, 1.54) is 17.7 Å². The number of nitro groups is 1. The highest BCUT2D eigenvalue weighted by atomic mass is 16.6. The molecule has 2 aromatic rings. The van der Waals surface area contributed by atoms with Crippen LogP contribution in [0.3, 0.4) is 0 Å². The van der Waals surface area contributed by atoms with Gasteiger partial charge in [0, 0.05) is 18.6 Å². The van der Waals surface area contributed by atoms with Crippen LogP contribution in [0.5, 0.6) is 0 Å². The van der Waals surface area contributed by atoms with Crippen molar-refractivity contribution in [1.82, 2.24) is 0 Å². The molecule has 0 unspecified atom stereocenters. The molecule has 0 aliphatic rings. The van der Waals surface area contributed by atoms with Crippen molar-refractivity contribution in [2.24, 2.45) is 5.73 Å². The zero-order valence-electron chi connectivity index (χ0n) is 11.0. The molecule has 0 spiro atoms. The van der Waals surface area contributed by atoms with Gasteiger partial charge in [-0.05, 0) is 17.7 Å². The summed E-state index contributed by atoms with van der Waals surface area (Å²) in [6, 6.07) is 16.3. The van der Waals surface area contributed by atoms with Gasteiger partial charge < -0.3 is 0 Å². The Balaban J connectivity index is 1.98. The van der Waals surface area contributed by atoms with E-state index in [4.69, 9.17) is 5.73 Å². The summed E-state index contributed by atoms with van der Waals surface area (Å²) in [6.07, 6.45) is 0.870. The van der Waals surface area contributed by atoms with Gasteiger partial charge in [-0.25, -0.2) is 0 Å². The fourth-order valence-corrected chi connectivity index (χ4v) is 1.85. The summed E-state index contributed by atoms with van der Waals surface area (Å²) in [5.74, 6) is 0.524. The Morgan fingerprint density at radius 1 is 1.10 bits per heavy atom. The molecule has 102 valence electrons. The molecule has 0 aromatic heterocycles. The number of benzene rings is 2. The average molecular weight is 270 g/mol. The molecule has 0 atom stereocenters. The van der Waals surface area contributed by atoms with Crippen molar-refractivity contribution in [1.29, 1.82) is 0 Å². The predicted octanol–water partition coefficient (Wildman–Crippen LogP) is 0.623. The van der Waals surface area contributed by atoms with Crippen LogP contribution in [-0.4, -0.2) is 17.3 Å². The molecule has 0 saturated carbocycles. The second-order valence-electron chi connectivity index (χ2n) is 4.38. The number of nitrogens with one attached hydrogen (secondary N) is 1. The maximum atomic E-state index is 10.6. The average Bonchev–Trinajstić information content (AvgIpc) is 2.48. The van der Waals surface area contributed by atoms with Crippen LogP contribution < -0.4 is 10.7 Å². The monoisotopic (exact) mass is 270 g/mol. The first-order valence-electron chi connectivity index (χ1n) is 6.32. The van der Waals surface area contributed by atoms with E-state index in [1.807, 2.05) is 18.2 Å². The Labute approximate surface area is 116 Å². The second kappa shape index (κ2) is 6.47. The standard InChI is InChI=1S/C15H15N3O2/c16-15(13-6-8-14(9-7-13)18(19)20)17-11-10-12-4-2-1-3-5-12/h1-9H,10-11H2,(H2,16,17)/p+1. The molecule has 2 rings (SSSR count). The van der Waals surface area contributed by atoms with Crippen molar-refractivity contribution in [2.75, 3.05) is 6.54 Å².